The summed E-state index contributed by atoms with van der Waals surface area (Å²) in [6, 6.07) is 13.7. The van der Waals surface area contributed by atoms with Gasteiger partial charge < -0.3 is 4.40 Å². The summed E-state index contributed by atoms with van der Waals surface area (Å²) in [5.74, 6) is 0.660. The molecule has 1 fully saturated rings. The molecule has 8 heteroatoms. The Morgan fingerprint density at radius 2 is 1.88 bits per heavy atom. The standard InChI is InChI=1S/C24H25N5OS2/c30-23(27-24-26-19(17-32-24)14-28-11-3-1-4-12-28)18-7-9-21(10-8-18)31-16-20-15-29-13-5-2-6-22(29)25-20/h2,5-10,13,15,17H,1,3-4,11-12,14,16H2,(H,26,27,30). The van der Waals surface area contributed by atoms with E-state index in [-0.39, 0.29) is 5.91 Å². The Morgan fingerprint density at radius 1 is 1.03 bits per heavy atom. The number of piperidine rings is 1. The molecule has 1 amide bonds. The zero-order chi connectivity index (χ0) is 21.8. The SMILES string of the molecule is O=C(Nc1nc(CN2CCCCC2)cs1)c1ccc(SCc2cn3ccccc3n2)cc1. The van der Waals surface area contributed by atoms with Crippen LogP contribution in [0.4, 0.5) is 5.13 Å². The van der Waals surface area contributed by atoms with Gasteiger partial charge in [-0.3, -0.25) is 15.0 Å². The minimum absolute atomic E-state index is 0.124. The van der Waals surface area contributed by atoms with E-state index in [1.54, 1.807) is 11.8 Å². The monoisotopic (exact) mass is 463 g/mol. The summed E-state index contributed by atoms with van der Waals surface area (Å²) in [5, 5.41) is 5.64. The number of hydrogen-bond donors (Lipinski definition) is 1. The number of thiazole rings is 1. The molecule has 6 nitrogen and oxygen atoms in total. The van der Waals surface area contributed by atoms with Gasteiger partial charge in [0.15, 0.2) is 5.13 Å². The normalized spacial score (nSPS) is 14.6. The molecule has 1 aromatic carbocycles. The maximum atomic E-state index is 12.6. The first-order valence-electron chi connectivity index (χ1n) is 10.9. The Labute approximate surface area is 195 Å². The number of fused-ring (bicyclic) bond motifs is 1. The number of anilines is 1. The summed E-state index contributed by atoms with van der Waals surface area (Å²) in [6.45, 7) is 3.14. The second-order valence-electron chi connectivity index (χ2n) is 7.95. The van der Waals surface area contributed by atoms with Crippen LogP contribution in [0.2, 0.25) is 0 Å². The van der Waals surface area contributed by atoms with Crippen LogP contribution in [0.25, 0.3) is 5.65 Å². The van der Waals surface area contributed by atoms with Crippen LogP contribution in [0.1, 0.15) is 41.0 Å². The number of carbonyl (C=O) groups is 1. The first-order valence-corrected chi connectivity index (χ1v) is 12.7. The third-order valence-corrected chi connectivity index (χ3v) is 7.38. The molecule has 32 heavy (non-hydrogen) atoms. The zero-order valence-electron chi connectivity index (χ0n) is 17.7. The van der Waals surface area contributed by atoms with Crippen molar-refractivity contribution < 1.29 is 4.79 Å². The number of rotatable bonds is 7. The largest absolute Gasteiger partial charge is 0.307 e. The summed E-state index contributed by atoms with van der Waals surface area (Å²) in [4.78, 5) is 25.4. The Balaban J connectivity index is 1.14. The summed E-state index contributed by atoms with van der Waals surface area (Å²) in [7, 11) is 0. The molecule has 4 heterocycles. The highest BCUT2D eigenvalue weighted by molar-refractivity contribution is 7.98. The molecular formula is C24H25N5OS2. The van der Waals surface area contributed by atoms with E-state index < -0.39 is 0 Å². The maximum Gasteiger partial charge on any atom is 0.257 e. The Kier molecular flexibility index (Phi) is 6.52. The fourth-order valence-electron chi connectivity index (χ4n) is 3.87. The van der Waals surface area contributed by atoms with Gasteiger partial charge in [-0.15, -0.1) is 23.1 Å². The van der Waals surface area contributed by atoms with Crippen molar-refractivity contribution in [3.8, 4) is 0 Å². The van der Waals surface area contributed by atoms with Crippen molar-refractivity contribution >= 4 is 39.8 Å². The molecule has 0 aliphatic carbocycles. The van der Waals surface area contributed by atoms with Gasteiger partial charge in [-0.1, -0.05) is 12.5 Å². The predicted molar refractivity (Wildman–Crippen MR) is 130 cm³/mol. The molecule has 4 aromatic rings. The predicted octanol–water partition coefficient (Wildman–Crippen LogP) is 5.32. The highest BCUT2D eigenvalue weighted by Crippen LogP contribution is 2.24. The minimum atomic E-state index is -0.124. The quantitative estimate of drug-likeness (QED) is 0.376. The second-order valence-corrected chi connectivity index (χ2v) is 9.85. The molecule has 0 atom stereocenters. The van der Waals surface area contributed by atoms with Crippen molar-refractivity contribution in [1.82, 2.24) is 19.3 Å². The number of likely N-dealkylation sites (tertiary alicyclic amines) is 1. The number of aromatic nitrogens is 3. The van der Waals surface area contributed by atoms with Gasteiger partial charge in [0.1, 0.15) is 5.65 Å². The number of hydrogen-bond acceptors (Lipinski definition) is 6. The highest BCUT2D eigenvalue weighted by atomic mass is 32.2. The van der Waals surface area contributed by atoms with E-state index in [4.69, 9.17) is 0 Å². The van der Waals surface area contributed by atoms with Crippen LogP contribution in [-0.4, -0.2) is 38.3 Å². The van der Waals surface area contributed by atoms with Gasteiger partial charge in [0.25, 0.3) is 5.91 Å². The van der Waals surface area contributed by atoms with Gasteiger partial charge in [0.2, 0.25) is 0 Å². The summed E-state index contributed by atoms with van der Waals surface area (Å²) in [5.41, 5.74) is 3.66. The van der Waals surface area contributed by atoms with Crippen molar-refractivity contribution in [1.29, 1.82) is 0 Å². The molecule has 0 spiro atoms. The molecule has 5 rings (SSSR count). The van der Waals surface area contributed by atoms with E-state index in [0.29, 0.717) is 10.7 Å². The molecule has 1 saturated heterocycles. The Bertz CT molecular complexity index is 1160. The van der Waals surface area contributed by atoms with Gasteiger partial charge in [0, 0.05) is 40.5 Å². The molecule has 1 aliphatic rings. The van der Waals surface area contributed by atoms with Crippen LogP contribution in [0.15, 0.2) is 65.1 Å². The van der Waals surface area contributed by atoms with Crippen LogP contribution >= 0.6 is 23.1 Å². The lowest BCUT2D eigenvalue weighted by atomic mass is 10.1. The number of imidazole rings is 1. The van der Waals surface area contributed by atoms with Gasteiger partial charge in [-0.2, -0.15) is 0 Å². The van der Waals surface area contributed by atoms with E-state index in [9.17, 15) is 4.79 Å². The Hall–Kier alpha value is -2.68. The minimum Gasteiger partial charge on any atom is -0.307 e. The molecule has 164 valence electrons. The molecule has 0 saturated carbocycles. The summed E-state index contributed by atoms with van der Waals surface area (Å²) < 4.78 is 2.03. The first kappa shape index (κ1) is 21.2. The van der Waals surface area contributed by atoms with E-state index in [1.165, 1.54) is 30.6 Å². The lowest BCUT2D eigenvalue weighted by Gasteiger charge is -2.25. The molecule has 0 unspecified atom stereocenters. The molecule has 1 aliphatic heterocycles. The molecule has 0 radical (unpaired) electrons. The number of amides is 1. The first-order chi connectivity index (χ1) is 15.7. The fourth-order valence-corrected chi connectivity index (χ4v) is 5.35. The second kappa shape index (κ2) is 9.85. The summed E-state index contributed by atoms with van der Waals surface area (Å²) in [6.07, 6.45) is 7.91. The van der Waals surface area contributed by atoms with Crippen LogP contribution in [0, 0.1) is 0 Å². The Morgan fingerprint density at radius 3 is 2.69 bits per heavy atom. The smallest absolute Gasteiger partial charge is 0.257 e. The molecule has 3 aromatic heterocycles. The average Bonchev–Trinajstić information content (AvgIpc) is 3.45. The number of nitrogens with one attached hydrogen (secondary N) is 1. The molecule has 0 bridgehead atoms. The van der Waals surface area contributed by atoms with E-state index >= 15 is 0 Å². The van der Waals surface area contributed by atoms with Crippen molar-refractivity contribution in [3.05, 3.63) is 77.2 Å². The number of pyridine rings is 1. The van der Waals surface area contributed by atoms with Crippen molar-refractivity contribution in [2.24, 2.45) is 0 Å². The maximum absolute atomic E-state index is 12.6. The van der Waals surface area contributed by atoms with Gasteiger partial charge in [0.05, 0.1) is 11.4 Å². The molecular weight excluding hydrogens is 438 g/mol. The fraction of sp³-hybridized carbons (Fsp3) is 0.292. The molecule has 1 N–H and O–H groups in total. The van der Waals surface area contributed by atoms with Crippen LogP contribution in [0.5, 0.6) is 0 Å². The van der Waals surface area contributed by atoms with E-state index in [2.05, 4.69) is 26.4 Å². The van der Waals surface area contributed by atoms with Crippen LogP contribution in [0.3, 0.4) is 0 Å². The number of thioether (sulfide) groups is 1. The van der Waals surface area contributed by atoms with Gasteiger partial charge >= 0.3 is 0 Å². The number of benzene rings is 1. The third-order valence-electron chi connectivity index (χ3n) is 5.52. The third kappa shape index (κ3) is 5.20. The average molecular weight is 464 g/mol. The lowest BCUT2D eigenvalue weighted by Crippen LogP contribution is -2.29. The highest BCUT2D eigenvalue weighted by Gasteiger charge is 2.14. The number of nitrogens with zero attached hydrogens (tertiary/aromatic N) is 4. The van der Waals surface area contributed by atoms with Crippen molar-refractivity contribution in [2.45, 2.75) is 36.5 Å². The van der Waals surface area contributed by atoms with Gasteiger partial charge in [-0.05, 0) is 62.3 Å². The van der Waals surface area contributed by atoms with Crippen LogP contribution in [-0.2, 0) is 12.3 Å². The zero-order valence-corrected chi connectivity index (χ0v) is 19.4. The lowest BCUT2D eigenvalue weighted by molar-refractivity contribution is 0.102. The van der Waals surface area contributed by atoms with Crippen LogP contribution < -0.4 is 5.32 Å². The topological polar surface area (TPSA) is 62.5 Å². The van der Waals surface area contributed by atoms with E-state index in [1.807, 2.05) is 58.4 Å². The number of carbonyl (C=O) groups excluding carboxylic acids is 1. The van der Waals surface area contributed by atoms with Crippen molar-refractivity contribution in [2.75, 3.05) is 18.4 Å². The summed E-state index contributed by atoms with van der Waals surface area (Å²) >= 11 is 3.20. The van der Waals surface area contributed by atoms with Gasteiger partial charge in [-0.25, -0.2) is 9.97 Å². The van der Waals surface area contributed by atoms with E-state index in [0.717, 1.165) is 47.3 Å². The van der Waals surface area contributed by atoms with Crippen molar-refractivity contribution in [3.63, 3.8) is 0 Å².